The first kappa shape index (κ1) is 20.7. The van der Waals surface area contributed by atoms with Crippen LogP contribution >= 0.6 is 0 Å². The summed E-state index contributed by atoms with van der Waals surface area (Å²) in [6.45, 7) is 6.08. The number of aliphatic hydroxyl groups is 1. The lowest BCUT2D eigenvalue weighted by Gasteiger charge is -2.03. The minimum atomic E-state index is -0.945. The Morgan fingerprint density at radius 1 is 1.11 bits per heavy atom. The average molecular weight is 275 g/mol. The second kappa shape index (κ2) is 15.4. The summed E-state index contributed by atoms with van der Waals surface area (Å²) < 4.78 is 0. The third kappa shape index (κ3) is 23.0. The number of carboxylic acid groups (broad SMARTS) is 1. The number of aliphatic carboxylic acids is 1. The van der Waals surface area contributed by atoms with Crippen LogP contribution in [0.4, 0.5) is 0 Å². The molecule has 0 aliphatic heterocycles. The lowest BCUT2D eigenvalue weighted by Crippen LogP contribution is -2.13. The van der Waals surface area contributed by atoms with Gasteiger partial charge in [0, 0.05) is 6.04 Å². The van der Waals surface area contributed by atoms with E-state index in [2.05, 4.69) is 13.8 Å². The summed E-state index contributed by atoms with van der Waals surface area (Å²) >= 11 is 0. The van der Waals surface area contributed by atoms with Crippen molar-refractivity contribution < 1.29 is 15.0 Å². The van der Waals surface area contributed by atoms with Gasteiger partial charge in [-0.2, -0.15) is 0 Å². The van der Waals surface area contributed by atoms with E-state index >= 15 is 0 Å². The highest BCUT2D eigenvalue weighted by Crippen LogP contribution is 2.07. The van der Waals surface area contributed by atoms with Crippen LogP contribution in [-0.4, -0.2) is 28.3 Å². The molecule has 4 heteroatoms. The molecule has 4 N–H and O–H groups in total. The number of unbranched alkanes of at least 4 members (excludes halogenated alkanes) is 5. The SMILES string of the molecule is CCC(O)CC(=O)O.CCCCCCCCC(C)N. The maximum absolute atomic E-state index is 9.81. The average Bonchev–Trinajstić information content (AvgIpc) is 2.33. The van der Waals surface area contributed by atoms with Crippen LogP contribution in [-0.2, 0) is 4.79 Å². The molecule has 0 saturated heterocycles. The van der Waals surface area contributed by atoms with Gasteiger partial charge in [-0.25, -0.2) is 0 Å². The molecule has 0 amide bonds. The topological polar surface area (TPSA) is 83.5 Å². The Balaban J connectivity index is 0. The van der Waals surface area contributed by atoms with Gasteiger partial charge >= 0.3 is 5.97 Å². The first-order valence-electron chi connectivity index (χ1n) is 7.59. The van der Waals surface area contributed by atoms with Crippen molar-refractivity contribution in [3.05, 3.63) is 0 Å². The van der Waals surface area contributed by atoms with Crippen LogP contribution in [0.3, 0.4) is 0 Å². The van der Waals surface area contributed by atoms with Gasteiger partial charge in [-0.15, -0.1) is 0 Å². The third-order valence-electron chi connectivity index (χ3n) is 2.89. The third-order valence-corrected chi connectivity index (χ3v) is 2.89. The minimum absolute atomic E-state index is 0.142. The standard InChI is InChI=1S/C10H23N.C5H10O3/c1-3-4-5-6-7-8-9-10(2)11;1-2-4(6)3-5(7)8/h10H,3-9,11H2,1-2H3;4,6H,2-3H2,1H3,(H,7,8). The molecule has 0 aliphatic rings. The molecule has 0 aromatic heterocycles. The number of hydrogen-bond acceptors (Lipinski definition) is 3. The number of carboxylic acids is 1. The van der Waals surface area contributed by atoms with Crippen molar-refractivity contribution in [1.82, 2.24) is 0 Å². The maximum atomic E-state index is 9.81. The Bertz CT molecular complexity index is 196. The normalized spacial score (nSPS) is 13.3. The zero-order chi connectivity index (χ0) is 15.1. The van der Waals surface area contributed by atoms with Crippen molar-refractivity contribution in [3.63, 3.8) is 0 Å². The highest BCUT2D eigenvalue weighted by Gasteiger charge is 2.04. The number of nitrogens with two attached hydrogens (primary N) is 1. The van der Waals surface area contributed by atoms with E-state index in [4.69, 9.17) is 15.9 Å². The molecule has 0 aliphatic carbocycles. The van der Waals surface area contributed by atoms with Gasteiger partial charge in [0.1, 0.15) is 0 Å². The molecule has 0 aromatic carbocycles. The largest absolute Gasteiger partial charge is 0.481 e. The van der Waals surface area contributed by atoms with Crippen LogP contribution < -0.4 is 5.73 Å². The first-order valence-corrected chi connectivity index (χ1v) is 7.59. The van der Waals surface area contributed by atoms with Gasteiger partial charge in [0.05, 0.1) is 12.5 Å². The van der Waals surface area contributed by atoms with Crippen molar-refractivity contribution in [2.75, 3.05) is 0 Å². The van der Waals surface area contributed by atoms with Gasteiger partial charge in [-0.05, 0) is 19.8 Å². The second-order valence-electron chi connectivity index (χ2n) is 5.19. The Labute approximate surface area is 118 Å². The van der Waals surface area contributed by atoms with E-state index in [-0.39, 0.29) is 6.42 Å². The lowest BCUT2D eigenvalue weighted by molar-refractivity contribution is -0.139. The minimum Gasteiger partial charge on any atom is -0.481 e. The van der Waals surface area contributed by atoms with Crippen molar-refractivity contribution in [2.24, 2.45) is 5.73 Å². The summed E-state index contributed by atoms with van der Waals surface area (Å²) in [5.74, 6) is -0.945. The van der Waals surface area contributed by atoms with Gasteiger partial charge in [0.25, 0.3) is 0 Å². The van der Waals surface area contributed by atoms with E-state index in [1.807, 2.05) is 0 Å². The van der Waals surface area contributed by atoms with Crippen LogP contribution in [0, 0.1) is 0 Å². The Morgan fingerprint density at radius 3 is 2.00 bits per heavy atom. The van der Waals surface area contributed by atoms with E-state index in [0.29, 0.717) is 12.5 Å². The van der Waals surface area contributed by atoms with E-state index in [0.717, 1.165) is 0 Å². The maximum Gasteiger partial charge on any atom is 0.305 e. The summed E-state index contributed by atoms with van der Waals surface area (Å²) in [5.41, 5.74) is 5.63. The van der Waals surface area contributed by atoms with E-state index in [9.17, 15) is 4.79 Å². The van der Waals surface area contributed by atoms with Crippen LogP contribution in [0.15, 0.2) is 0 Å². The Hall–Kier alpha value is -0.610. The van der Waals surface area contributed by atoms with Gasteiger partial charge in [-0.1, -0.05) is 52.4 Å². The second-order valence-corrected chi connectivity index (χ2v) is 5.19. The molecule has 116 valence electrons. The highest BCUT2D eigenvalue weighted by molar-refractivity contribution is 5.67. The van der Waals surface area contributed by atoms with Gasteiger partial charge < -0.3 is 15.9 Å². The van der Waals surface area contributed by atoms with Crippen molar-refractivity contribution in [2.45, 2.75) is 90.7 Å². The molecule has 4 nitrogen and oxygen atoms in total. The quantitative estimate of drug-likeness (QED) is 0.534. The van der Waals surface area contributed by atoms with Gasteiger partial charge in [0.15, 0.2) is 0 Å². The fourth-order valence-electron chi connectivity index (χ4n) is 1.59. The number of rotatable bonds is 10. The molecular formula is C15H33NO3. The molecule has 2 atom stereocenters. The summed E-state index contributed by atoms with van der Waals surface area (Å²) in [6, 6.07) is 0.404. The summed E-state index contributed by atoms with van der Waals surface area (Å²) in [6.07, 6.45) is 9.15. The molecule has 19 heavy (non-hydrogen) atoms. The summed E-state index contributed by atoms with van der Waals surface area (Å²) in [7, 11) is 0. The molecule has 0 heterocycles. The smallest absolute Gasteiger partial charge is 0.305 e. The molecular weight excluding hydrogens is 242 g/mol. The molecule has 0 fully saturated rings. The summed E-state index contributed by atoms with van der Waals surface area (Å²) in [5, 5.41) is 16.7. The zero-order valence-electron chi connectivity index (χ0n) is 12.9. The van der Waals surface area contributed by atoms with Crippen LogP contribution in [0.5, 0.6) is 0 Å². The zero-order valence-corrected chi connectivity index (χ0v) is 12.9. The first-order chi connectivity index (χ1) is 8.93. The molecule has 0 bridgehead atoms. The number of aliphatic hydroxyl groups excluding tert-OH is 1. The Morgan fingerprint density at radius 2 is 1.63 bits per heavy atom. The van der Waals surface area contributed by atoms with E-state index in [1.54, 1.807) is 6.92 Å². The van der Waals surface area contributed by atoms with Gasteiger partial charge in [-0.3, -0.25) is 4.79 Å². The number of hydrogen-bond donors (Lipinski definition) is 3. The molecule has 2 unspecified atom stereocenters. The molecule has 0 spiro atoms. The number of carbonyl (C=O) groups is 1. The van der Waals surface area contributed by atoms with E-state index in [1.165, 1.54) is 44.9 Å². The van der Waals surface area contributed by atoms with Crippen LogP contribution in [0.25, 0.3) is 0 Å². The predicted molar refractivity (Wildman–Crippen MR) is 80.2 cm³/mol. The highest BCUT2D eigenvalue weighted by atomic mass is 16.4. The lowest BCUT2D eigenvalue weighted by atomic mass is 10.1. The van der Waals surface area contributed by atoms with Crippen molar-refractivity contribution in [1.29, 1.82) is 0 Å². The monoisotopic (exact) mass is 275 g/mol. The van der Waals surface area contributed by atoms with E-state index < -0.39 is 12.1 Å². The summed E-state index contributed by atoms with van der Waals surface area (Å²) in [4.78, 5) is 9.81. The van der Waals surface area contributed by atoms with Crippen molar-refractivity contribution >= 4 is 5.97 Å². The molecule has 0 aromatic rings. The van der Waals surface area contributed by atoms with Crippen molar-refractivity contribution in [3.8, 4) is 0 Å². The van der Waals surface area contributed by atoms with Crippen LogP contribution in [0.2, 0.25) is 0 Å². The predicted octanol–water partition coefficient (Wildman–Crippen LogP) is 3.32. The fourth-order valence-corrected chi connectivity index (χ4v) is 1.59. The molecule has 0 saturated carbocycles. The van der Waals surface area contributed by atoms with Gasteiger partial charge in [0.2, 0.25) is 0 Å². The molecule has 0 radical (unpaired) electrons. The Kier molecular flexibility index (Phi) is 16.8. The van der Waals surface area contributed by atoms with Crippen LogP contribution in [0.1, 0.15) is 78.6 Å². The molecule has 0 rings (SSSR count). The fraction of sp³-hybridized carbons (Fsp3) is 0.933.